The van der Waals surface area contributed by atoms with Gasteiger partial charge in [-0.3, -0.25) is 0 Å². The van der Waals surface area contributed by atoms with Gasteiger partial charge in [0.1, 0.15) is 23.5 Å². The van der Waals surface area contributed by atoms with Gasteiger partial charge in [-0.05, 0) is 30.2 Å². The predicted octanol–water partition coefficient (Wildman–Crippen LogP) is 9.52. The molecule has 0 fully saturated rings. The molecule has 0 saturated carbocycles. The Labute approximate surface area is 273 Å². The summed E-state index contributed by atoms with van der Waals surface area (Å²) in [7, 11) is 0. The van der Waals surface area contributed by atoms with E-state index < -0.39 is 0 Å². The molecular formula is C43H30N4+2. The van der Waals surface area contributed by atoms with E-state index in [1.54, 1.807) is 0 Å². The van der Waals surface area contributed by atoms with Gasteiger partial charge in [-0.15, -0.1) is 0 Å². The normalized spacial score (nSPS) is 20.3. The Morgan fingerprint density at radius 2 is 0.957 bits per heavy atom. The van der Waals surface area contributed by atoms with Crippen LogP contribution in [0.1, 0.15) is 16.7 Å². The first-order valence-electron chi connectivity index (χ1n) is 16.4. The molecule has 2 aliphatic carbocycles. The summed E-state index contributed by atoms with van der Waals surface area (Å²) in [4.78, 5) is 5.17. The van der Waals surface area contributed by atoms with Gasteiger partial charge in [-0.2, -0.15) is 9.15 Å². The first kappa shape index (κ1) is 25.2. The van der Waals surface area contributed by atoms with Gasteiger partial charge < -0.3 is 9.80 Å². The average molecular weight is 603 g/mol. The second-order valence-electron chi connectivity index (χ2n) is 13.1. The van der Waals surface area contributed by atoms with Crippen LogP contribution in [0.25, 0.3) is 11.1 Å². The van der Waals surface area contributed by atoms with Crippen molar-refractivity contribution in [3.05, 3.63) is 168 Å². The second kappa shape index (κ2) is 9.05. The number of hydrogen-bond donors (Lipinski definition) is 0. The Hall–Kier alpha value is -6.00. The highest BCUT2D eigenvalue weighted by molar-refractivity contribution is 6.24. The zero-order chi connectivity index (χ0) is 30.8. The van der Waals surface area contributed by atoms with Crippen molar-refractivity contribution in [1.29, 1.82) is 0 Å². The number of hydrogen-bond acceptors (Lipinski definition) is 2. The van der Waals surface area contributed by atoms with Crippen LogP contribution in [0.3, 0.4) is 0 Å². The monoisotopic (exact) mass is 602 g/mol. The Balaban J connectivity index is 1.28. The van der Waals surface area contributed by atoms with Crippen LogP contribution in [0.15, 0.2) is 152 Å². The molecular weight excluding hydrogens is 573 g/mol. The van der Waals surface area contributed by atoms with Crippen LogP contribution in [-0.4, -0.2) is 23.5 Å². The second-order valence-corrected chi connectivity index (χ2v) is 13.1. The van der Waals surface area contributed by atoms with Gasteiger partial charge in [0.05, 0.1) is 11.4 Å². The molecule has 2 unspecified atom stereocenters. The predicted molar refractivity (Wildman–Crippen MR) is 196 cm³/mol. The number of para-hydroxylation sites is 3. The molecule has 2 atom stereocenters. The van der Waals surface area contributed by atoms with Gasteiger partial charge in [0, 0.05) is 59.7 Å². The Morgan fingerprint density at radius 3 is 1.49 bits per heavy atom. The molecule has 4 heterocycles. The highest BCUT2D eigenvalue weighted by Crippen LogP contribution is 2.58. The molecule has 0 N–H and O–H groups in total. The van der Waals surface area contributed by atoms with Crippen molar-refractivity contribution < 1.29 is 0 Å². The number of anilines is 4. The molecule has 4 aliphatic heterocycles. The largest absolute Gasteiger partial charge is 0.317 e. The molecule has 11 rings (SSSR count). The number of aryl methyl sites for hydroxylation is 1. The average Bonchev–Trinajstić information content (AvgIpc) is 3.65. The van der Waals surface area contributed by atoms with Gasteiger partial charge in [-0.25, -0.2) is 0 Å². The van der Waals surface area contributed by atoms with E-state index in [4.69, 9.17) is 0 Å². The minimum absolute atomic E-state index is 0.0926. The SMILES string of the molecule is Cc1ccc([N+]2=C3C=CC=C4c5ccccc5N(c5cc6c(cc52)N2c5ccccc5C5=CC=CC(=[N+]6c6ccccc6)C52)C43)cc1. The fourth-order valence-electron chi connectivity index (χ4n) is 8.69. The summed E-state index contributed by atoms with van der Waals surface area (Å²) in [6.07, 6.45) is 13.7. The molecule has 5 aromatic carbocycles. The van der Waals surface area contributed by atoms with E-state index in [-0.39, 0.29) is 12.1 Å². The summed E-state index contributed by atoms with van der Waals surface area (Å²) < 4.78 is 5.01. The van der Waals surface area contributed by atoms with Gasteiger partial charge in [0.2, 0.25) is 34.2 Å². The summed E-state index contributed by atoms with van der Waals surface area (Å²) in [5, 5.41) is 0. The first-order valence-corrected chi connectivity index (χ1v) is 16.4. The molecule has 0 aromatic heterocycles. The number of rotatable bonds is 2. The fourth-order valence-corrected chi connectivity index (χ4v) is 8.69. The van der Waals surface area contributed by atoms with Crippen LogP contribution in [0.4, 0.5) is 45.5 Å². The minimum atomic E-state index is 0.0926. The molecule has 4 nitrogen and oxygen atoms in total. The van der Waals surface area contributed by atoms with Gasteiger partial charge >= 0.3 is 0 Å². The zero-order valence-corrected chi connectivity index (χ0v) is 25.9. The summed E-state index contributed by atoms with van der Waals surface area (Å²) in [6, 6.07) is 42.8. The molecule has 0 bridgehead atoms. The number of fused-ring (bicyclic) bond motifs is 10. The van der Waals surface area contributed by atoms with Crippen molar-refractivity contribution in [2.45, 2.75) is 19.0 Å². The third kappa shape index (κ3) is 3.22. The molecule has 6 aliphatic rings. The smallest absolute Gasteiger partial charge is 0.237 e. The summed E-state index contributed by atoms with van der Waals surface area (Å²) in [5.74, 6) is 0. The lowest BCUT2D eigenvalue weighted by Gasteiger charge is -2.36. The Bertz CT molecular complexity index is 2420. The summed E-state index contributed by atoms with van der Waals surface area (Å²) >= 11 is 0. The number of allylic oxidation sites excluding steroid dienone is 4. The van der Waals surface area contributed by atoms with Crippen molar-refractivity contribution in [3.63, 3.8) is 0 Å². The van der Waals surface area contributed by atoms with Crippen LogP contribution < -0.4 is 19.0 Å². The van der Waals surface area contributed by atoms with E-state index in [1.807, 2.05) is 0 Å². The molecule has 5 aromatic rings. The number of nitrogens with zero attached hydrogens (tertiary/aromatic N) is 4. The van der Waals surface area contributed by atoms with E-state index in [0.717, 1.165) is 0 Å². The Kier molecular flexibility index (Phi) is 4.86. The van der Waals surface area contributed by atoms with Crippen molar-refractivity contribution in [1.82, 2.24) is 9.15 Å². The van der Waals surface area contributed by atoms with Crippen LogP contribution in [0.2, 0.25) is 0 Å². The van der Waals surface area contributed by atoms with E-state index >= 15 is 0 Å². The van der Waals surface area contributed by atoms with E-state index in [1.165, 1.54) is 84.8 Å². The topological polar surface area (TPSA) is 12.5 Å². The van der Waals surface area contributed by atoms with Gasteiger partial charge in [0.25, 0.3) is 0 Å². The molecule has 0 spiro atoms. The van der Waals surface area contributed by atoms with Crippen LogP contribution >= 0.6 is 0 Å². The molecule has 0 saturated heterocycles. The fraction of sp³-hybridized carbons (Fsp3) is 0.0698. The number of benzene rings is 5. The van der Waals surface area contributed by atoms with E-state index in [9.17, 15) is 0 Å². The molecule has 47 heavy (non-hydrogen) atoms. The molecule has 4 heteroatoms. The van der Waals surface area contributed by atoms with Crippen LogP contribution in [0.5, 0.6) is 0 Å². The van der Waals surface area contributed by atoms with Crippen molar-refractivity contribution in [3.8, 4) is 0 Å². The Morgan fingerprint density at radius 1 is 0.489 bits per heavy atom. The summed E-state index contributed by atoms with van der Waals surface area (Å²) in [5.41, 5.74) is 18.8. The lowest BCUT2D eigenvalue weighted by Crippen LogP contribution is -2.45. The zero-order valence-electron chi connectivity index (χ0n) is 25.9. The van der Waals surface area contributed by atoms with Crippen molar-refractivity contribution >= 4 is 68.1 Å². The van der Waals surface area contributed by atoms with Crippen LogP contribution in [0, 0.1) is 6.92 Å². The van der Waals surface area contributed by atoms with E-state index in [0.29, 0.717) is 0 Å². The third-order valence-corrected chi connectivity index (χ3v) is 10.6. The highest BCUT2D eigenvalue weighted by Gasteiger charge is 2.53. The van der Waals surface area contributed by atoms with Crippen molar-refractivity contribution in [2.24, 2.45) is 0 Å². The standard InChI is InChI=1S/C43H30N4/c1-27-21-23-29(24-22-27)45-37-20-10-16-33-31-14-6-8-18-35(31)47(43(33)37)41-25-38-40(26-39(41)45)46-34-17-7-5-13-30(34)32-15-9-19-36(42(32)46)44(38)28-11-3-2-4-12-28/h2-26,42-43H,1H3/q+2. The minimum Gasteiger partial charge on any atom is -0.317 e. The van der Waals surface area contributed by atoms with Gasteiger partial charge in [-0.1, -0.05) is 96.6 Å². The molecule has 0 radical (unpaired) electrons. The maximum atomic E-state index is 2.58. The van der Waals surface area contributed by atoms with Crippen molar-refractivity contribution in [2.75, 3.05) is 9.80 Å². The quantitative estimate of drug-likeness (QED) is 0.187. The lowest BCUT2D eigenvalue weighted by molar-refractivity contribution is 0.903. The lowest BCUT2D eigenvalue weighted by atomic mass is 9.90. The van der Waals surface area contributed by atoms with Gasteiger partial charge in [0.15, 0.2) is 0 Å². The molecule has 0 amide bonds. The van der Waals surface area contributed by atoms with Crippen LogP contribution in [-0.2, 0) is 0 Å². The third-order valence-electron chi connectivity index (χ3n) is 10.6. The first-order chi connectivity index (χ1) is 23.3. The summed E-state index contributed by atoms with van der Waals surface area (Å²) in [6.45, 7) is 2.16. The maximum Gasteiger partial charge on any atom is 0.237 e. The molecule has 220 valence electrons. The maximum absolute atomic E-state index is 2.58. The highest BCUT2D eigenvalue weighted by atomic mass is 15.3. The van der Waals surface area contributed by atoms with E-state index in [2.05, 4.69) is 178 Å².